The maximum Gasteiger partial charge on any atom is 0.174 e. The van der Waals surface area contributed by atoms with Crippen molar-refractivity contribution in [1.82, 2.24) is 14.9 Å². The van der Waals surface area contributed by atoms with Gasteiger partial charge >= 0.3 is 0 Å². The van der Waals surface area contributed by atoms with Gasteiger partial charge in [0.15, 0.2) is 5.11 Å². The number of nitrogens with zero attached hydrogens (tertiary/aromatic N) is 3. The second-order valence-corrected chi connectivity index (χ2v) is 8.12. The maximum absolute atomic E-state index is 14.8. The van der Waals surface area contributed by atoms with E-state index in [0.717, 1.165) is 17.0 Å². The van der Waals surface area contributed by atoms with E-state index in [2.05, 4.69) is 48.6 Å². The highest BCUT2D eigenvalue weighted by molar-refractivity contribution is 7.80. The van der Waals surface area contributed by atoms with Crippen molar-refractivity contribution < 1.29 is 4.39 Å². The number of rotatable bonds is 4. The normalized spacial score (nSPS) is 19.1. The fraction of sp³-hybridized carbons (Fsp3) is 0.304. The van der Waals surface area contributed by atoms with Crippen LogP contribution in [0.2, 0.25) is 0 Å². The van der Waals surface area contributed by atoms with Gasteiger partial charge in [-0.1, -0.05) is 18.2 Å². The molecule has 3 aromatic rings. The second-order valence-electron chi connectivity index (χ2n) is 7.74. The standard InChI is InChI=1S/C23H25FN4S/c1-14(2)27-15(3)13-17(16(27)4)22-21(19-10-7-8-12-25-19)26-23(29)28(22)20-11-6-5-9-18(20)24/h5-14,21-22H,1-4H3,(H,26,29)/t21-,22+/m0/s1. The molecule has 6 heteroatoms. The number of halogens is 1. The second kappa shape index (κ2) is 7.59. The van der Waals surface area contributed by atoms with Crippen LogP contribution in [0.3, 0.4) is 0 Å². The largest absolute Gasteiger partial charge is 0.351 e. The highest BCUT2D eigenvalue weighted by atomic mass is 32.1. The molecule has 0 unspecified atom stereocenters. The molecule has 3 heterocycles. The van der Waals surface area contributed by atoms with Crippen LogP contribution in [0, 0.1) is 19.7 Å². The number of aryl methyl sites for hydroxylation is 1. The third-order valence-electron chi connectivity index (χ3n) is 5.57. The van der Waals surface area contributed by atoms with Gasteiger partial charge < -0.3 is 14.8 Å². The first-order valence-corrected chi connectivity index (χ1v) is 10.2. The van der Waals surface area contributed by atoms with Crippen molar-refractivity contribution in [1.29, 1.82) is 0 Å². The van der Waals surface area contributed by atoms with E-state index in [9.17, 15) is 4.39 Å². The minimum absolute atomic E-state index is 0.176. The summed E-state index contributed by atoms with van der Waals surface area (Å²) in [6.07, 6.45) is 1.78. The zero-order chi connectivity index (χ0) is 20.7. The molecular formula is C23H25FN4S. The number of hydrogen-bond acceptors (Lipinski definition) is 2. The van der Waals surface area contributed by atoms with Crippen molar-refractivity contribution in [3.63, 3.8) is 0 Å². The molecule has 1 aliphatic heterocycles. The zero-order valence-electron chi connectivity index (χ0n) is 17.1. The number of aromatic nitrogens is 2. The quantitative estimate of drug-likeness (QED) is 0.586. The Morgan fingerprint density at radius 2 is 1.83 bits per heavy atom. The van der Waals surface area contributed by atoms with Gasteiger partial charge in [-0.05, 0) is 75.8 Å². The number of pyridine rings is 1. The third-order valence-corrected chi connectivity index (χ3v) is 5.88. The molecule has 2 aromatic heterocycles. The molecule has 2 atom stereocenters. The van der Waals surface area contributed by atoms with E-state index in [4.69, 9.17) is 12.2 Å². The smallest absolute Gasteiger partial charge is 0.174 e. The molecule has 4 rings (SSSR count). The zero-order valence-corrected chi connectivity index (χ0v) is 17.9. The monoisotopic (exact) mass is 408 g/mol. The summed E-state index contributed by atoms with van der Waals surface area (Å²) in [5.74, 6) is -0.291. The van der Waals surface area contributed by atoms with Crippen LogP contribution in [0.5, 0.6) is 0 Å². The summed E-state index contributed by atoms with van der Waals surface area (Å²) in [4.78, 5) is 6.47. The summed E-state index contributed by atoms with van der Waals surface area (Å²) in [5.41, 5.74) is 4.83. The van der Waals surface area contributed by atoms with Crippen LogP contribution < -0.4 is 10.2 Å². The number of hydrogen-bond donors (Lipinski definition) is 1. The molecule has 4 nitrogen and oxygen atoms in total. The van der Waals surface area contributed by atoms with E-state index >= 15 is 0 Å². The van der Waals surface area contributed by atoms with Gasteiger partial charge in [0.1, 0.15) is 5.82 Å². The van der Waals surface area contributed by atoms with Gasteiger partial charge in [-0.25, -0.2) is 4.39 Å². The molecule has 0 amide bonds. The topological polar surface area (TPSA) is 33.1 Å². The van der Waals surface area contributed by atoms with Gasteiger partial charge in [-0.3, -0.25) is 4.98 Å². The first kappa shape index (κ1) is 19.6. The molecule has 1 fully saturated rings. The lowest BCUT2D eigenvalue weighted by molar-refractivity contribution is 0.542. The summed E-state index contributed by atoms with van der Waals surface area (Å²) in [6, 6.07) is 14.8. The van der Waals surface area contributed by atoms with Crippen LogP contribution in [0.25, 0.3) is 0 Å². The van der Waals surface area contributed by atoms with Gasteiger partial charge in [-0.15, -0.1) is 0 Å². The first-order valence-electron chi connectivity index (χ1n) is 9.83. The predicted octanol–water partition coefficient (Wildman–Crippen LogP) is 5.40. The lowest BCUT2D eigenvalue weighted by atomic mass is 9.96. The molecule has 1 N–H and O–H groups in total. The Morgan fingerprint density at radius 1 is 1.10 bits per heavy atom. The van der Waals surface area contributed by atoms with E-state index in [1.807, 2.05) is 29.2 Å². The molecule has 0 radical (unpaired) electrons. The van der Waals surface area contributed by atoms with E-state index in [1.165, 1.54) is 11.8 Å². The van der Waals surface area contributed by atoms with Crippen LogP contribution in [0.4, 0.5) is 10.1 Å². The van der Waals surface area contributed by atoms with E-state index in [0.29, 0.717) is 16.8 Å². The van der Waals surface area contributed by atoms with Gasteiger partial charge in [0.05, 0.1) is 23.5 Å². The lowest BCUT2D eigenvalue weighted by Gasteiger charge is -2.28. The fourth-order valence-electron chi connectivity index (χ4n) is 4.47. The van der Waals surface area contributed by atoms with Gasteiger partial charge in [0.2, 0.25) is 0 Å². The molecule has 0 aliphatic carbocycles. The van der Waals surface area contributed by atoms with Crippen LogP contribution >= 0.6 is 12.2 Å². The lowest BCUT2D eigenvalue weighted by Crippen LogP contribution is -2.30. The number of para-hydroxylation sites is 1. The van der Waals surface area contributed by atoms with E-state index in [-0.39, 0.29) is 17.9 Å². The number of nitrogens with one attached hydrogen (secondary N) is 1. The average molecular weight is 409 g/mol. The molecule has 29 heavy (non-hydrogen) atoms. The van der Waals surface area contributed by atoms with Crippen LogP contribution in [-0.2, 0) is 0 Å². The van der Waals surface area contributed by atoms with Gasteiger partial charge in [-0.2, -0.15) is 0 Å². The maximum atomic E-state index is 14.8. The van der Waals surface area contributed by atoms with Crippen molar-refractivity contribution in [2.45, 2.75) is 45.8 Å². The highest BCUT2D eigenvalue weighted by Crippen LogP contribution is 2.44. The van der Waals surface area contributed by atoms with Crippen LogP contribution in [0.15, 0.2) is 54.7 Å². The first-order chi connectivity index (χ1) is 13.9. The number of thiocarbonyl (C=S) groups is 1. The molecule has 1 saturated heterocycles. The molecule has 0 bridgehead atoms. The molecule has 150 valence electrons. The third kappa shape index (κ3) is 3.31. The summed E-state index contributed by atoms with van der Waals surface area (Å²) in [6.45, 7) is 8.58. The van der Waals surface area contributed by atoms with Crippen molar-refractivity contribution in [2.75, 3.05) is 4.90 Å². The molecule has 1 aromatic carbocycles. The Labute approximate surface area is 176 Å². The minimum atomic E-state index is -0.291. The Bertz CT molecular complexity index is 1040. The Kier molecular flexibility index (Phi) is 5.13. The molecular weight excluding hydrogens is 383 g/mol. The highest BCUT2D eigenvalue weighted by Gasteiger charge is 2.43. The molecule has 1 aliphatic rings. The van der Waals surface area contributed by atoms with Gasteiger partial charge in [0, 0.05) is 23.6 Å². The van der Waals surface area contributed by atoms with Crippen LogP contribution in [-0.4, -0.2) is 14.7 Å². The minimum Gasteiger partial charge on any atom is -0.351 e. The summed E-state index contributed by atoms with van der Waals surface area (Å²) in [7, 11) is 0. The van der Waals surface area contributed by atoms with Gasteiger partial charge in [0.25, 0.3) is 0 Å². The number of anilines is 1. The van der Waals surface area contributed by atoms with Crippen molar-refractivity contribution in [2.24, 2.45) is 0 Å². The summed E-state index contributed by atoms with van der Waals surface area (Å²) in [5, 5.41) is 3.90. The molecule has 0 saturated carbocycles. The Balaban J connectivity index is 1.92. The fourth-order valence-corrected chi connectivity index (χ4v) is 4.81. The van der Waals surface area contributed by atoms with E-state index in [1.54, 1.807) is 18.3 Å². The Hall–Kier alpha value is -2.73. The van der Waals surface area contributed by atoms with Crippen molar-refractivity contribution >= 4 is 23.0 Å². The average Bonchev–Trinajstić information content (AvgIpc) is 3.18. The summed E-state index contributed by atoms with van der Waals surface area (Å²) < 4.78 is 17.1. The summed E-state index contributed by atoms with van der Waals surface area (Å²) >= 11 is 5.68. The van der Waals surface area contributed by atoms with Crippen molar-refractivity contribution in [3.8, 4) is 0 Å². The predicted molar refractivity (Wildman–Crippen MR) is 119 cm³/mol. The molecule has 0 spiro atoms. The van der Waals surface area contributed by atoms with E-state index < -0.39 is 0 Å². The SMILES string of the molecule is Cc1cc([C@@H]2[C@H](c3ccccn3)NC(=S)N2c2ccccc2F)c(C)n1C(C)C. The number of benzene rings is 1. The van der Waals surface area contributed by atoms with Crippen molar-refractivity contribution in [3.05, 3.63) is 83.2 Å². The Morgan fingerprint density at radius 3 is 2.45 bits per heavy atom. The van der Waals surface area contributed by atoms with Crippen LogP contribution in [0.1, 0.15) is 54.6 Å².